The van der Waals surface area contributed by atoms with Crippen molar-refractivity contribution in [2.75, 3.05) is 21.3 Å². The molecule has 2 aliphatic rings. The monoisotopic (exact) mass is 322 g/mol. The summed E-state index contributed by atoms with van der Waals surface area (Å²) in [5.41, 5.74) is 4.04. The molecule has 1 saturated heterocycles. The zero-order chi connectivity index (χ0) is 16.7. The van der Waals surface area contributed by atoms with E-state index in [2.05, 4.69) is 18.1 Å². The Balaban J connectivity index is 1.95. The third-order valence-corrected chi connectivity index (χ3v) is 4.55. The summed E-state index contributed by atoms with van der Waals surface area (Å²) < 4.78 is 22.6. The first-order chi connectivity index (χ1) is 11.8. The molecule has 2 aliphatic heterocycles. The minimum atomic E-state index is -0.259. The molecular weight excluding hydrogens is 304 g/mol. The molecule has 2 bridgehead atoms. The molecule has 122 valence electrons. The smallest absolute Gasteiger partial charge is 0.255 e. The molecule has 2 aromatic rings. The van der Waals surface area contributed by atoms with Gasteiger partial charge in [-0.2, -0.15) is 0 Å². The van der Waals surface area contributed by atoms with Gasteiger partial charge < -0.3 is 14.2 Å². The minimum absolute atomic E-state index is 0.213. The molecule has 4 rings (SSSR count). The molecule has 0 aromatic heterocycles. The SMILES string of the molecule is COc1ccc(OC)c2c1C1OC2[C-](c2ccccc2)C1=C=[O+]C. The molecule has 1 fully saturated rings. The fourth-order valence-corrected chi connectivity index (χ4v) is 3.62. The zero-order valence-corrected chi connectivity index (χ0v) is 13.8. The molecule has 0 saturated carbocycles. The van der Waals surface area contributed by atoms with E-state index in [1.165, 1.54) is 0 Å². The van der Waals surface area contributed by atoms with Crippen molar-refractivity contribution in [3.05, 3.63) is 70.6 Å². The molecule has 4 heteroatoms. The second-order valence-corrected chi connectivity index (χ2v) is 5.69. The van der Waals surface area contributed by atoms with Crippen LogP contribution in [0.25, 0.3) is 0 Å². The fraction of sp³-hybridized carbons (Fsp3) is 0.250. The number of fused-ring (bicyclic) bond motifs is 5. The highest BCUT2D eigenvalue weighted by molar-refractivity contribution is 5.75. The topological polar surface area (TPSA) is 39.0 Å². The van der Waals surface area contributed by atoms with Crippen LogP contribution in [0.15, 0.2) is 48.0 Å². The van der Waals surface area contributed by atoms with E-state index in [-0.39, 0.29) is 12.2 Å². The highest BCUT2D eigenvalue weighted by Crippen LogP contribution is 2.63. The van der Waals surface area contributed by atoms with Crippen molar-refractivity contribution in [3.8, 4) is 11.5 Å². The third-order valence-electron chi connectivity index (χ3n) is 4.55. The molecular formula is C20H18O4. The molecule has 2 atom stereocenters. The first-order valence-corrected chi connectivity index (χ1v) is 7.78. The summed E-state index contributed by atoms with van der Waals surface area (Å²) in [6.45, 7) is 0. The average molecular weight is 322 g/mol. The lowest BCUT2D eigenvalue weighted by Crippen LogP contribution is -2.15. The summed E-state index contributed by atoms with van der Waals surface area (Å²) in [7, 11) is 4.94. The van der Waals surface area contributed by atoms with E-state index in [9.17, 15) is 0 Å². The molecule has 2 heterocycles. The molecule has 0 spiro atoms. The van der Waals surface area contributed by atoms with Crippen LogP contribution in [0.3, 0.4) is 0 Å². The Labute approximate surface area is 141 Å². The second-order valence-electron chi connectivity index (χ2n) is 5.69. The fourth-order valence-electron chi connectivity index (χ4n) is 3.62. The normalized spacial score (nSPS) is 20.6. The van der Waals surface area contributed by atoms with Gasteiger partial charge in [-0.25, -0.2) is 0 Å². The van der Waals surface area contributed by atoms with Crippen LogP contribution >= 0.6 is 0 Å². The number of hydrogen-bond acceptors (Lipinski definition) is 3. The number of methoxy groups -OCH3 is 2. The van der Waals surface area contributed by atoms with Gasteiger partial charge in [0.05, 0.1) is 20.3 Å². The maximum atomic E-state index is 6.28. The van der Waals surface area contributed by atoms with Crippen molar-refractivity contribution in [2.24, 2.45) is 0 Å². The lowest BCUT2D eigenvalue weighted by Gasteiger charge is -2.29. The van der Waals surface area contributed by atoms with Crippen molar-refractivity contribution >= 4 is 5.94 Å². The highest BCUT2D eigenvalue weighted by Gasteiger charge is 2.50. The molecule has 2 unspecified atom stereocenters. The maximum absolute atomic E-state index is 6.28. The van der Waals surface area contributed by atoms with E-state index < -0.39 is 0 Å². The number of benzene rings is 2. The van der Waals surface area contributed by atoms with Gasteiger partial charge in [0.1, 0.15) is 17.6 Å². The summed E-state index contributed by atoms with van der Waals surface area (Å²) in [6, 6.07) is 14.0. The van der Waals surface area contributed by atoms with Crippen LogP contribution in [0.2, 0.25) is 0 Å². The minimum Gasteiger partial charge on any atom is -0.496 e. The summed E-state index contributed by atoms with van der Waals surface area (Å²) in [4.78, 5) is 0. The Hall–Kier alpha value is -2.68. The van der Waals surface area contributed by atoms with Gasteiger partial charge in [0, 0.05) is 16.7 Å². The van der Waals surface area contributed by atoms with Crippen LogP contribution in [0.4, 0.5) is 0 Å². The zero-order valence-electron chi connectivity index (χ0n) is 13.8. The first kappa shape index (κ1) is 14.9. The van der Waals surface area contributed by atoms with Crippen molar-refractivity contribution in [1.29, 1.82) is 0 Å². The van der Waals surface area contributed by atoms with E-state index >= 15 is 0 Å². The Bertz CT molecular complexity index is 834. The lowest BCUT2D eigenvalue weighted by molar-refractivity contribution is 0.0837. The van der Waals surface area contributed by atoms with Gasteiger partial charge in [0.15, 0.2) is 0 Å². The summed E-state index contributed by atoms with van der Waals surface area (Å²) >= 11 is 0. The van der Waals surface area contributed by atoms with Gasteiger partial charge in [0.25, 0.3) is 7.11 Å². The average Bonchev–Trinajstić information content (AvgIpc) is 3.19. The van der Waals surface area contributed by atoms with Crippen molar-refractivity contribution in [2.45, 2.75) is 12.2 Å². The molecule has 0 radical (unpaired) electrons. The predicted molar refractivity (Wildman–Crippen MR) is 90.0 cm³/mol. The van der Waals surface area contributed by atoms with Crippen LogP contribution in [-0.4, -0.2) is 27.3 Å². The number of carbonyl (C=O) groups excluding carboxylic acids is 1. The van der Waals surface area contributed by atoms with Gasteiger partial charge in [0.2, 0.25) is 5.94 Å². The Morgan fingerprint density at radius 3 is 2.29 bits per heavy atom. The van der Waals surface area contributed by atoms with E-state index in [0.29, 0.717) is 0 Å². The van der Waals surface area contributed by atoms with Crippen LogP contribution in [0, 0.1) is 5.92 Å². The van der Waals surface area contributed by atoms with Crippen LogP contribution < -0.4 is 9.47 Å². The maximum Gasteiger partial charge on any atom is 0.255 e. The Morgan fingerprint density at radius 2 is 1.67 bits per heavy atom. The van der Waals surface area contributed by atoms with E-state index in [0.717, 1.165) is 39.7 Å². The molecule has 0 N–H and O–H groups in total. The molecule has 24 heavy (non-hydrogen) atoms. The van der Waals surface area contributed by atoms with Crippen LogP contribution in [0.1, 0.15) is 28.9 Å². The van der Waals surface area contributed by atoms with E-state index in [1.807, 2.05) is 30.3 Å². The van der Waals surface area contributed by atoms with E-state index in [1.54, 1.807) is 21.3 Å². The van der Waals surface area contributed by atoms with Crippen molar-refractivity contribution in [1.82, 2.24) is 0 Å². The predicted octanol–water partition coefficient (Wildman–Crippen LogP) is 3.38. The van der Waals surface area contributed by atoms with Gasteiger partial charge in [-0.05, 0) is 12.1 Å². The van der Waals surface area contributed by atoms with Gasteiger partial charge in [-0.3, -0.25) is 4.42 Å². The van der Waals surface area contributed by atoms with Gasteiger partial charge in [-0.15, -0.1) is 29.8 Å². The van der Waals surface area contributed by atoms with E-state index in [4.69, 9.17) is 18.6 Å². The van der Waals surface area contributed by atoms with Crippen molar-refractivity contribution < 1.29 is 18.6 Å². The number of ether oxygens (including phenoxy) is 3. The summed E-state index contributed by atoms with van der Waals surface area (Å²) in [6.07, 6.45) is -0.472. The molecule has 4 nitrogen and oxygen atoms in total. The quantitative estimate of drug-likeness (QED) is 0.494. The van der Waals surface area contributed by atoms with Gasteiger partial charge >= 0.3 is 0 Å². The van der Waals surface area contributed by atoms with Crippen LogP contribution in [0.5, 0.6) is 11.5 Å². The van der Waals surface area contributed by atoms with Gasteiger partial charge in [-0.1, -0.05) is 12.0 Å². The number of rotatable bonds is 3. The lowest BCUT2D eigenvalue weighted by atomic mass is 9.76. The Kier molecular flexibility index (Phi) is 3.57. The first-order valence-electron chi connectivity index (χ1n) is 7.78. The summed E-state index contributed by atoms with van der Waals surface area (Å²) in [5, 5.41) is 0. The molecule has 0 aliphatic carbocycles. The standard InChI is InChI=1S/C20H18O4/c1-21-11-13-16(12-7-5-4-6-8-12)20-18-15(23-3)10-9-14(22-2)17(18)19(13)24-20/h4-10,19-20H,1-3H3. The Morgan fingerprint density at radius 1 is 1.00 bits per heavy atom. The largest absolute Gasteiger partial charge is 0.496 e. The van der Waals surface area contributed by atoms with Crippen LogP contribution in [-0.2, 0) is 9.16 Å². The summed E-state index contributed by atoms with van der Waals surface area (Å²) in [5.74, 6) is 5.68. The second kappa shape index (κ2) is 5.75. The third kappa shape index (κ3) is 1.97. The molecule has 0 amide bonds. The van der Waals surface area contributed by atoms with Crippen molar-refractivity contribution in [3.63, 3.8) is 0 Å². The molecule has 2 aromatic carbocycles. The highest BCUT2D eigenvalue weighted by atomic mass is 16.5. The number of hydrogen-bond donors (Lipinski definition) is 0.